The van der Waals surface area contributed by atoms with Crippen molar-refractivity contribution in [1.29, 1.82) is 0 Å². The Morgan fingerprint density at radius 3 is 2.42 bits per heavy atom. The number of piperidine rings is 1. The molecule has 3 heterocycles. The summed E-state index contributed by atoms with van der Waals surface area (Å²) in [6, 6.07) is -1.49. The van der Waals surface area contributed by atoms with Gasteiger partial charge in [0.2, 0.25) is 5.79 Å². The van der Waals surface area contributed by atoms with Crippen LogP contribution in [0.5, 0.6) is 0 Å². The number of allylic oxidation sites excluding steroid dienone is 6. The Morgan fingerprint density at radius 1 is 0.986 bits per heavy atom. The van der Waals surface area contributed by atoms with Crippen molar-refractivity contribution < 1.29 is 77.2 Å². The minimum absolute atomic E-state index is 0.0482. The Bertz CT molecular complexity index is 2360. The van der Waals surface area contributed by atoms with E-state index < -0.39 is 143 Å². The maximum atomic E-state index is 14.7. The number of Topliss-reactive ketones (excluding diaryl/α,β-unsaturated/α-hetero) is 2. The Kier molecular flexibility index (Phi) is 16.8. The molecule has 1 amide bonds. The van der Waals surface area contributed by atoms with Gasteiger partial charge in [0.15, 0.2) is 7.37 Å². The maximum absolute atomic E-state index is 14.7. The second-order valence-electron chi connectivity index (χ2n) is 19.9. The van der Waals surface area contributed by atoms with Gasteiger partial charge in [-0.05, 0) is 118 Å². The summed E-state index contributed by atoms with van der Waals surface area (Å²) < 4.78 is 138. The van der Waals surface area contributed by atoms with E-state index in [1.165, 1.54) is 28.1 Å². The molecule has 0 aromatic carbocycles. The fraction of sp³-hybridized carbons (Fsp3) is 0.741. The standard InChI is InChI=1S/C54H86NO13P/c1-33-19-15-14-16-20-34(2)46(63-9)31-42-24-22-39(7)54(61,67-42)51(58)52(59)55-26-18-17-21-43(55)53(60)66-47(37(5)29-41-23-25-45(48(30-41)64-10)68-69(12,13)62)32-44(56)36(4)28-38(6)49(57)50(65-11)40(8)35(3)27-33/h14-16,19-20,28,33,35-37,39,41-43,45-50,57,61H,8,17-18,21-27,29-32H2,1-7,9-13H3/b16-14?,19-15+,34-20?,38-28+/t33-,35-,36-,37-,39-,41+,42+,43+,45-,46+,47+,48-,49-,50+,54-/m1/s1/i4D3,9D3,12D3,22D2/t33-,35-,36-,37-,39-,41+,42+,43+,45-,46+,47+,48-,49-,50+,54-,69?. The minimum Gasteiger partial charge on any atom is -0.460 e. The summed E-state index contributed by atoms with van der Waals surface area (Å²) in [6.45, 7) is 9.04. The average Bonchev–Trinajstić information content (AvgIpc) is 3.34. The number of carbonyl (C=O) groups excluding carboxylic acids is 4. The van der Waals surface area contributed by atoms with Gasteiger partial charge >= 0.3 is 5.97 Å². The zero-order valence-corrected chi connectivity index (χ0v) is 42.9. The van der Waals surface area contributed by atoms with Crippen molar-refractivity contribution in [3.63, 3.8) is 0 Å². The summed E-state index contributed by atoms with van der Waals surface area (Å²) in [5.74, 6) is -12.8. The molecule has 1 aliphatic carbocycles. The number of esters is 1. The number of carbonyl (C=O) groups is 4. The first-order chi connectivity index (χ1) is 36.8. The highest BCUT2D eigenvalue weighted by Gasteiger charge is 2.53. The van der Waals surface area contributed by atoms with Gasteiger partial charge in [-0.2, -0.15) is 0 Å². The van der Waals surface area contributed by atoms with E-state index in [4.69, 9.17) is 43.3 Å². The number of ether oxygens (including phenoxy) is 5. The first-order valence-electron chi connectivity index (χ1n) is 29.8. The summed E-state index contributed by atoms with van der Waals surface area (Å²) in [6.07, 6.45) is 0.225. The number of amides is 1. The van der Waals surface area contributed by atoms with Gasteiger partial charge in [-0.15, -0.1) is 0 Å². The molecule has 14 nitrogen and oxygen atoms in total. The van der Waals surface area contributed by atoms with E-state index in [1.807, 2.05) is 19.9 Å². The Balaban J connectivity index is 1.83. The molecule has 3 aliphatic heterocycles. The van der Waals surface area contributed by atoms with Crippen LogP contribution in [0, 0.1) is 35.5 Å². The lowest BCUT2D eigenvalue weighted by molar-refractivity contribution is -0.265. The predicted molar refractivity (Wildman–Crippen MR) is 268 cm³/mol. The minimum atomic E-state index is -4.09. The lowest BCUT2D eigenvalue weighted by Gasteiger charge is -2.42. The van der Waals surface area contributed by atoms with Gasteiger partial charge in [-0.25, -0.2) is 4.79 Å². The molecule has 1 saturated carbocycles. The average molecular weight is 999 g/mol. The van der Waals surface area contributed by atoms with Crippen molar-refractivity contribution in [2.75, 3.05) is 41.1 Å². The number of ketones is 2. The number of nitrogens with zero attached hydrogens (tertiary/aromatic N) is 1. The van der Waals surface area contributed by atoms with E-state index in [0.29, 0.717) is 36.8 Å². The van der Waals surface area contributed by atoms with Crippen LogP contribution in [0.25, 0.3) is 0 Å². The smallest absolute Gasteiger partial charge is 0.329 e. The van der Waals surface area contributed by atoms with E-state index in [9.17, 15) is 34.0 Å². The maximum Gasteiger partial charge on any atom is 0.329 e. The van der Waals surface area contributed by atoms with Gasteiger partial charge in [-0.1, -0.05) is 77.6 Å². The van der Waals surface area contributed by atoms with Crippen LogP contribution in [0.2, 0.25) is 0 Å². The van der Waals surface area contributed by atoms with Crippen molar-refractivity contribution in [2.24, 2.45) is 35.5 Å². The van der Waals surface area contributed by atoms with Gasteiger partial charge in [-0.3, -0.25) is 18.9 Å². The number of aliphatic hydroxyl groups excluding tert-OH is 1. The molecule has 2 bridgehead atoms. The molecule has 69 heavy (non-hydrogen) atoms. The number of rotatable bonds is 8. The molecule has 3 fully saturated rings. The molecule has 0 radical (unpaired) electrons. The number of hydrogen-bond acceptors (Lipinski definition) is 13. The lowest BCUT2D eigenvalue weighted by Crippen LogP contribution is -2.61. The second kappa shape index (κ2) is 26.6. The molecule has 390 valence electrons. The first kappa shape index (κ1) is 43.5. The summed E-state index contributed by atoms with van der Waals surface area (Å²) in [5, 5.41) is 23.9. The molecule has 16 atom stereocenters. The highest BCUT2D eigenvalue weighted by atomic mass is 31.2. The summed E-state index contributed by atoms with van der Waals surface area (Å²) in [4.78, 5) is 59.3. The molecule has 4 aliphatic rings. The molecule has 1 unspecified atom stereocenters. The Hall–Kier alpha value is -3.07. The normalized spacial score (nSPS) is 42.1. The highest BCUT2D eigenvalue weighted by Crippen LogP contribution is 2.45. The highest BCUT2D eigenvalue weighted by molar-refractivity contribution is 7.57. The second-order valence-corrected chi connectivity index (χ2v) is 21.8. The van der Waals surface area contributed by atoms with E-state index in [0.717, 1.165) is 17.6 Å². The van der Waals surface area contributed by atoms with Crippen molar-refractivity contribution in [1.82, 2.24) is 4.90 Å². The zero-order chi connectivity index (χ0) is 60.7. The molecule has 0 aromatic heterocycles. The quantitative estimate of drug-likeness (QED) is 0.102. The molecule has 2 saturated heterocycles. The van der Waals surface area contributed by atoms with Crippen molar-refractivity contribution in [2.45, 2.75) is 180 Å². The van der Waals surface area contributed by atoms with E-state index in [-0.39, 0.29) is 62.0 Å². The SMILES string of the molecule is [2H]C([2H])([2H])O[C@H]1C[C@@H]2CC([2H])([2H])[C@@H](C)[C@@](O)(O2)C(=O)C(=O)N2CCCC[C@H]2C(=O)O[C@H]([C@H](C)C[C@@H]2CC[C@@H](OP(C)(=O)C([2H])([2H])[2H])[C@H](OC)C2)CC(=O)[C@H](C([2H])([2H])[2H])/C=C(\C)[C@@H](O)[C@@H](OC)C(=C)[C@H](C)C[C@H](C)/C=C/C=CC=C1C. The third kappa shape index (κ3) is 16.2. The molecule has 0 aromatic rings. The lowest BCUT2D eigenvalue weighted by atomic mass is 9.78. The molecular weight excluding hydrogens is 902 g/mol. The van der Waals surface area contributed by atoms with E-state index in [2.05, 4.69) is 6.58 Å². The van der Waals surface area contributed by atoms with E-state index in [1.54, 1.807) is 38.2 Å². The monoisotopic (exact) mass is 999 g/mol. The number of cyclic esters (lactones) is 1. The van der Waals surface area contributed by atoms with Crippen molar-refractivity contribution in [3.8, 4) is 0 Å². The first-order valence-corrected chi connectivity index (χ1v) is 26.4. The Labute approximate surface area is 428 Å². The Morgan fingerprint density at radius 2 is 1.74 bits per heavy atom. The molecular formula is C54H86NO13P. The van der Waals surface area contributed by atoms with Gasteiger partial charge in [0.1, 0.15) is 30.1 Å². The fourth-order valence-electron chi connectivity index (χ4n) is 9.99. The number of methoxy groups -OCH3 is 3. The van der Waals surface area contributed by atoms with Gasteiger partial charge < -0.3 is 43.3 Å². The largest absolute Gasteiger partial charge is 0.460 e. The third-order valence-electron chi connectivity index (χ3n) is 14.3. The van der Waals surface area contributed by atoms with Crippen LogP contribution in [0.15, 0.2) is 59.8 Å². The topological polar surface area (TPSA) is 184 Å². The number of aliphatic hydroxyl groups is 2. The van der Waals surface area contributed by atoms with Gasteiger partial charge in [0.05, 0.1) is 28.5 Å². The summed E-state index contributed by atoms with van der Waals surface area (Å²) in [5.41, 5.74) is 0.972. The van der Waals surface area contributed by atoms with Crippen LogP contribution < -0.4 is 0 Å². The van der Waals surface area contributed by atoms with Crippen LogP contribution in [0.1, 0.15) is 140 Å². The van der Waals surface area contributed by atoms with E-state index >= 15 is 0 Å². The third-order valence-corrected chi connectivity index (χ3v) is 15.0. The van der Waals surface area contributed by atoms with Gasteiger partial charge in [0.25, 0.3) is 11.7 Å². The summed E-state index contributed by atoms with van der Waals surface area (Å²) in [7, 11) is -4.26. The number of hydrogen-bond donors (Lipinski definition) is 2. The van der Waals surface area contributed by atoms with Crippen molar-refractivity contribution in [3.05, 3.63) is 59.8 Å². The zero-order valence-electron chi connectivity index (χ0n) is 53.0. The molecule has 15 heteroatoms. The van der Waals surface area contributed by atoms with Crippen LogP contribution in [-0.2, 0) is 52.0 Å². The predicted octanol–water partition coefficient (Wildman–Crippen LogP) is 8.73. The molecule has 4 rings (SSSR count). The molecule has 0 spiro atoms. The van der Waals surface area contributed by atoms with Crippen LogP contribution >= 0.6 is 7.37 Å². The van der Waals surface area contributed by atoms with Crippen LogP contribution in [-0.4, -0.2) is 134 Å². The van der Waals surface area contributed by atoms with Crippen LogP contribution in [0.4, 0.5) is 0 Å². The fourth-order valence-corrected chi connectivity index (χ4v) is 10.7. The van der Waals surface area contributed by atoms with Crippen LogP contribution in [0.3, 0.4) is 0 Å². The molecule has 2 N–H and O–H groups in total. The number of fused-ring (bicyclic) bond motifs is 3. The van der Waals surface area contributed by atoms with Gasteiger partial charge in [0, 0.05) is 76.7 Å². The van der Waals surface area contributed by atoms with Crippen molar-refractivity contribution >= 4 is 30.8 Å². The summed E-state index contributed by atoms with van der Waals surface area (Å²) >= 11 is 0.